The highest BCUT2D eigenvalue weighted by atomic mass is 32.1. The van der Waals surface area contributed by atoms with Gasteiger partial charge in [-0.05, 0) is 24.4 Å². The van der Waals surface area contributed by atoms with Gasteiger partial charge in [-0.3, -0.25) is 4.90 Å². The molecule has 0 saturated heterocycles. The van der Waals surface area contributed by atoms with Crippen LogP contribution in [0.3, 0.4) is 0 Å². The third-order valence-corrected chi connectivity index (χ3v) is 3.96. The first-order valence-electron chi connectivity index (χ1n) is 6.92. The summed E-state index contributed by atoms with van der Waals surface area (Å²) in [7, 11) is 0. The summed E-state index contributed by atoms with van der Waals surface area (Å²) < 4.78 is 6.34. The van der Waals surface area contributed by atoms with Gasteiger partial charge in [-0.1, -0.05) is 12.1 Å². The summed E-state index contributed by atoms with van der Waals surface area (Å²) in [5.74, 6) is 0.761. The van der Waals surface area contributed by atoms with Gasteiger partial charge in [0.15, 0.2) is 10.4 Å². The van der Waals surface area contributed by atoms with Crippen molar-refractivity contribution in [3.63, 3.8) is 0 Å². The van der Waals surface area contributed by atoms with Crippen LogP contribution in [0.25, 0.3) is 11.1 Å². The lowest BCUT2D eigenvalue weighted by Gasteiger charge is -2.26. The molecule has 2 aromatic heterocycles. The Morgan fingerprint density at radius 1 is 1.33 bits per heavy atom. The van der Waals surface area contributed by atoms with Gasteiger partial charge in [0.25, 0.3) is 0 Å². The summed E-state index contributed by atoms with van der Waals surface area (Å²) in [6, 6.07) is 7.85. The number of aromatic amines is 1. The quantitative estimate of drug-likeness (QED) is 0.737. The van der Waals surface area contributed by atoms with Crippen molar-refractivity contribution in [1.29, 1.82) is 0 Å². The van der Waals surface area contributed by atoms with E-state index < -0.39 is 0 Å². The molecule has 4 rings (SSSR count). The molecule has 21 heavy (non-hydrogen) atoms. The maximum Gasteiger partial charge on any atom is 0.209 e. The van der Waals surface area contributed by atoms with Crippen LogP contribution in [0.2, 0.25) is 0 Å². The number of oxazole rings is 1. The number of nitrogens with one attached hydrogen (secondary N) is 1. The van der Waals surface area contributed by atoms with Crippen LogP contribution in [0.5, 0.6) is 0 Å². The van der Waals surface area contributed by atoms with Crippen LogP contribution in [-0.2, 0) is 19.5 Å². The molecule has 106 valence electrons. The Labute approximate surface area is 126 Å². The third-order valence-electron chi connectivity index (χ3n) is 3.75. The maximum atomic E-state index is 5.78. The predicted molar refractivity (Wildman–Crippen MR) is 81.2 cm³/mol. The molecule has 0 amide bonds. The van der Waals surface area contributed by atoms with Crippen molar-refractivity contribution in [2.75, 3.05) is 6.54 Å². The number of rotatable bonds is 2. The maximum absolute atomic E-state index is 5.78. The first-order chi connectivity index (χ1) is 10.3. The number of benzene rings is 1. The van der Waals surface area contributed by atoms with E-state index >= 15 is 0 Å². The molecule has 0 aliphatic carbocycles. The summed E-state index contributed by atoms with van der Waals surface area (Å²) in [4.78, 5) is 14.2. The van der Waals surface area contributed by atoms with E-state index in [9.17, 15) is 0 Å². The zero-order valence-corrected chi connectivity index (χ0v) is 12.2. The SMILES string of the molecule is S=c1ncc2c([nH]1)CCN(Cc1nc3ccccc3o1)C2. The van der Waals surface area contributed by atoms with Gasteiger partial charge in [-0.2, -0.15) is 0 Å². The first kappa shape index (κ1) is 12.7. The van der Waals surface area contributed by atoms with Crippen LogP contribution in [-0.4, -0.2) is 26.4 Å². The highest BCUT2D eigenvalue weighted by molar-refractivity contribution is 7.71. The molecule has 0 saturated carbocycles. The van der Waals surface area contributed by atoms with Crippen LogP contribution in [0.15, 0.2) is 34.9 Å². The predicted octanol–water partition coefficient (Wildman–Crippen LogP) is 2.84. The number of fused-ring (bicyclic) bond motifs is 2. The van der Waals surface area contributed by atoms with Gasteiger partial charge >= 0.3 is 0 Å². The molecular weight excluding hydrogens is 284 g/mol. The summed E-state index contributed by atoms with van der Waals surface area (Å²) >= 11 is 5.06. The molecule has 3 aromatic rings. The normalized spacial score (nSPS) is 15.2. The van der Waals surface area contributed by atoms with Gasteiger partial charge < -0.3 is 9.40 Å². The van der Waals surface area contributed by atoms with Crippen LogP contribution in [0.1, 0.15) is 17.1 Å². The summed E-state index contributed by atoms with van der Waals surface area (Å²) in [6.07, 6.45) is 2.81. The molecule has 0 fully saturated rings. The van der Waals surface area contributed by atoms with Crippen molar-refractivity contribution in [2.45, 2.75) is 19.5 Å². The smallest absolute Gasteiger partial charge is 0.209 e. The third kappa shape index (κ3) is 2.48. The Kier molecular flexibility index (Phi) is 3.05. The van der Waals surface area contributed by atoms with Crippen LogP contribution < -0.4 is 0 Å². The second-order valence-corrected chi connectivity index (χ2v) is 5.61. The summed E-state index contributed by atoms with van der Waals surface area (Å²) in [5.41, 5.74) is 4.15. The van der Waals surface area contributed by atoms with Crippen molar-refractivity contribution in [3.05, 3.63) is 52.4 Å². The van der Waals surface area contributed by atoms with Crippen molar-refractivity contribution >= 4 is 23.3 Å². The average molecular weight is 298 g/mol. The zero-order chi connectivity index (χ0) is 14.2. The minimum atomic E-state index is 0.557. The fourth-order valence-corrected chi connectivity index (χ4v) is 2.89. The molecule has 0 bridgehead atoms. The highest BCUT2D eigenvalue weighted by Gasteiger charge is 2.19. The van der Waals surface area contributed by atoms with Gasteiger partial charge in [-0.15, -0.1) is 0 Å². The molecule has 1 aromatic carbocycles. The van der Waals surface area contributed by atoms with Crippen LogP contribution in [0, 0.1) is 4.77 Å². The standard InChI is InChI=1S/C15H14N4OS/c21-15-16-7-10-8-19(6-5-11(10)18-15)9-14-17-12-3-1-2-4-13(12)20-14/h1-4,7H,5-6,8-9H2,(H,16,18,21). The van der Waals surface area contributed by atoms with Gasteiger partial charge in [0.2, 0.25) is 5.89 Å². The van der Waals surface area contributed by atoms with Gasteiger partial charge in [-0.25, -0.2) is 9.97 Å². The lowest BCUT2D eigenvalue weighted by Crippen LogP contribution is -2.31. The molecule has 0 unspecified atom stereocenters. The molecule has 6 heteroatoms. The minimum absolute atomic E-state index is 0.557. The second-order valence-electron chi connectivity index (χ2n) is 5.23. The molecule has 1 aliphatic heterocycles. The van der Waals surface area contributed by atoms with Gasteiger partial charge in [0.05, 0.1) is 6.54 Å². The topological polar surface area (TPSA) is 58.0 Å². The molecule has 0 spiro atoms. The molecule has 0 radical (unpaired) electrons. The van der Waals surface area contributed by atoms with E-state index in [0.717, 1.165) is 36.5 Å². The second kappa shape index (κ2) is 5.05. The summed E-state index contributed by atoms with van der Waals surface area (Å²) in [5, 5.41) is 0. The molecule has 3 heterocycles. The number of hydrogen-bond donors (Lipinski definition) is 1. The van der Waals surface area contributed by atoms with Crippen molar-refractivity contribution in [1.82, 2.24) is 19.9 Å². The van der Waals surface area contributed by atoms with Gasteiger partial charge in [0, 0.05) is 37.0 Å². The Bertz CT molecular complexity index is 821. The molecule has 5 nitrogen and oxygen atoms in total. The number of para-hydroxylation sites is 2. The molecule has 1 N–H and O–H groups in total. The fourth-order valence-electron chi connectivity index (χ4n) is 2.72. The lowest BCUT2D eigenvalue weighted by molar-refractivity contribution is 0.221. The van der Waals surface area contributed by atoms with E-state index in [4.69, 9.17) is 16.6 Å². The lowest BCUT2D eigenvalue weighted by atomic mass is 10.1. The molecule has 1 aliphatic rings. The van der Waals surface area contributed by atoms with Crippen molar-refractivity contribution in [3.8, 4) is 0 Å². The van der Waals surface area contributed by atoms with E-state index in [1.54, 1.807) is 0 Å². The number of hydrogen-bond acceptors (Lipinski definition) is 5. The van der Waals surface area contributed by atoms with Crippen LogP contribution in [0.4, 0.5) is 0 Å². The van der Waals surface area contributed by atoms with E-state index in [2.05, 4.69) is 19.9 Å². The van der Waals surface area contributed by atoms with E-state index in [1.165, 1.54) is 11.3 Å². The first-order valence-corrected chi connectivity index (χ1v) is 7.33. The van der Waals surface area contributed by atoms with E-state index in [0.29, 0.717) is 11.3 Å². The minimum Gasteiger partial charge on any atom is -0.439 e. The molecular formula is C15H14N4OS. The Morgan fingerprint density at radius 2 is 2.24 bits per heavy atom. The average Bonchev–Trinajstić information content (AvgIpc) is 2.89. The Balaban J connectivity index is 1.55. The van der Waals surface area contributed by atoms with Gasteiger partial charge in [0.1, 0.15) is 5.52 Å². The molecule has 0 atom stereocenters. The summed E-state index contributed by atoms with van der Waals surface area (Å²) in [6.45, 7) is 2.51. The Hall–Kier alpha value is -2.05. The largest absolute Gasteiger partial charge is 0.439 e. The Morgan fingerprint density at radius 3 is 3.14 bits per heavy atom. The van der Waals surface area contributed by atoms with Crippen molar-refractivity contribution < 1.29 is 4.42 Å². The van der Waals surface area contributed by atoms with Crippen molar-refractivity contribution in [2.24, 2.45) is 0 Å². The van der Waals surface area contributed by atoms with Crippen LogP contribution >= 0.6 is 12.2 Å². The number of aromatic nitrogens is 3. The highest BCUT2D eigenvalue weighted by Crippen LogP contribution is 2.20. The van der Waals surface area contributed by atoms with E-state index in [1.807, 2.05) is 30.5 Å². The number of nitrogens with zero attached hydrogens (tertiary/aromatic N) is 3. The van der Waals surface area contributed by atoms with E-state index in [-0.39, 0.29) is 0 Å². The zero-order valence-electron chi connectivity index (χ0n) is 11.4. The monoisotopic (exact) mass is 298 g/mol. The fraction of sp³-hybridized carbons (Fsp3) is 0.267. The number of H-pyrrole nitrogens is 1.